The summed E-state index contributed by atoms with van der Waals surface area (Å²) >= 11 is 2.85. The molecule has 0 amide bonds. The van der Waals surface area contributed by atoms with Crippen LogP contribution in [-0.2, 0) is 6.18 Å². The molecule has 8 heteroatoms. The summed E-state index contributed by atoms with van der Waals surface area (Å²) in [6, 6.07) is 7.82. The third kappa shape index (κ3) is 2.74. The second-order valence-corrected chi connectivity index (χ2v) is 5.57. The lowest BCUT2D eigenvalue weighted by Gasteiger charge is -2.14. The van der Waals surface area contributed by atoms with Gasteiger partial charge in [-0.2, -0.15) is 13.2 Å². The third-order valence-corrected chi connectivity index (χ3v) is 3.86. The van der Waals surface area contributed by atoms with Gasteiger partial charge in [0.05, 0.1) is 26.5 Å². The van der Waals surface area contributed by atoms with Gasteiger partial charge in [-0.1, -0.05) is 12.1 Å². The zero-order valence-corrected chi connectivity index (χ0v) is 12.8. The Morgan fingerprint density at radius 2 is 1.78 bits per heavy atom. The Balaban J connectivity index is 2.39. The number of benzene rings is 2. The number of aromatic amines is 1. The zero-order chi connectivity index (χ0) is 16.8. The molecule has 0 fully saturated rings. The number of hydrogen-bond acceptors (Lipinski definition) is 2. The van der Waals surface area contributed by atoms with Crippen LogP contribution in [0.2, 0.25) is 0 Å². The number of H-pyrrole nitrogens is 1. The van der Waals surface area contributed by atoms with Crippen LogP contribution in [0.3, 0.4) is 0 Å². The molecule has 0 spiro atoms. The highest BCUT2D eigenvalue weighted by Crippen LogP contribution is 2.39. The highest BCUT2D eigenvalue weighted by atomic mass is 79.9. The van der Waals surface area contributed by atoms with Crippen LogP contribution in [0.25, 0.3) is 22.3 Å². The molecular formula is C15H7BrF4N2O. The summed E-state index contributed by atoms with van der Waals surface area (Å²) in [5.74, 6) is -1.61. The second kappa shape index (κ2) is 5.45. The number of nitrogens with one attached hydrogen (secondary N) is 1. The van der Waals surface area contributed by atoms with Crippen molar-refractivity contribution in [2.24, 2.45) is 0 Å². The van der Waals surface area contributed by atoms with Crippen molar-refractivity contribution in [1.82, 2.24) is 9.97 Å². The van der Waals surface area contributed by atoms with Gasteiger partial charge in [-0.15, -0.1) is 0 Å². The average molecular weight is 387 g/mol. The average Bonchev–Trinajstić information content (AvgIpc) is 2.48. The Bertz CT molecular complexity index is 966. The van der Waals surface area contributed by atoms with Crippen LogP contribution >= 0.6 is 15.9 Å². The lowest BCUT2D eigenvalue weighted by Crippen LogP contribution is -2.14. The van der Waals surface area contributed by atoms with E-state index in [9.17, 15) is 22.4 Å². The first kappa shape index (κ1) is 15.7. The third-order valence-electron chi connectivity index (χ3n) is 3.25. The maximum absolute atomic E-state index is 14.3. The molecule has 0 aliphatic rings. The molecule has 0 saturated carbocycles. The zero-order valence-electron chi connectivity index (χ0n) is 11.2. The number of fused-ring (bicyclic) bond motifs is 1. The monoisotopic (exact) mass is 386 g/mol. The molecule has 3 rings (SSSR count). The van der Waals surface area contributed by atoms with Gasteiger partial charge in [0.25, 0.3) is 5.56 Å². The number of alkyl halides is 3. The maximum Gasteiger partial charge on any atom is 0.417 e. The molecule has 23 heavy (non-hydrogen) atoms. The highest BCUT2D eigenvalue weighted by Gasteiger charge is 2.36. The largest absolute Gasteiger partial charge is 0.417 e. The fraction of sp³-hybridized carbons (Fsp3) is 0.0667. The molecule has 1 aromatic heterocycles. The van der Waals surface area contributed by atoms with Gasteiger partial charge in [0, 0.05) is 0 Å². The lowest BCUT2D eigenvalue weighted by molar-refractivity contribution is -0.137. The predicted molar refractivity (Wildman–Crippen MR) is 80.5 cm³/mol. The molecular weight excluding hydrogens is 380 g/mol. The van der Waals surface area contributed by atoms with Crippen LogP contribution in [0.5, 0.6) is 0 Å². The van der Waals surface area contributed by atoms with Crippen molar-refractivity contribution in [2.75, 3.05) is 0 Å². The van der Waals surface area contributed by atoms with Crippen molar-refractivity contribution in [2.45, 2.75) is 6.18 Å². The fourth-order valence-corrected chi connectivity index (χ4v) is 2.55. The SMILES string of the molecule is O=c1[nH]c(-c2c(C(F)(F)F)ccc(Br)c2F)nc2ccccc12. The summed E-state index contributed by atoms with van der Waals surface area (Å²) < 4.78 is 53.6. The molecule has 3 aromatic rings. The second-order valence-electron chi connectivity index (χ2n) is 4.71. The number of para-hydroxylation sites is 1. The molecule has 0 aliphatic carbocycles. The number of nitrogens with zero attached hydrogens (tertiary/aromatic N) is 1. The van der Waals surface area contributed by atoms with Gasteiger partial charge in [0.1, 0.15) is 11.6 Å². The van der Waals surface area contributed by atoms with Crippen molar-refractivity contribution in [3.05, 3.63) is 62.6 Å². The van der Waals surface area contributed by atoms with E-state index in [1.54, 1.807) is 12.1 Å². The maximum atomic E-state index is 14.3. The van der Waals surface area contributed by atoms with Gasteiger partial charge >= 0.3 is 6.18 Å². The molecule has 0 unspecified atom stereocenters. The molecule has 3 nitrogen and oxygen atoms in total. The van der Waals surface area contributed by atoms with Gasteiger partial charge in [-0.25, -0.2) is 9.37 Å². The Morgan fingerprint density at radius 1 is 1.09 bits per heavy atom. The molecule has 2 aromatic carbocycles. The van der Waals surface area contributed by atoms with Crippen LogP contribution in [0.1, 0.15) is 5.56 Å². The van der Waals surface area contributed by atoms with E-state index >= 15 is 0 Å². The predicted octanol–water partition coefficient (Wildman–Crippen LogP) is 4.51. The van der Waals surface area contributed by atoms with E-state index in [4.69, 9.17) is 0 Å². The molecule has 0 atom stereocenters. The summed E-state index contributed by atoms with van der Waals surface area (Å²) in [5.41, 5.74) is -2.47. The first-order valence-electron chi connectivity index (χ1n) is 6.33. The summed E-state index contributed by atoms with van der Waals surface area (Å²) in [7, 11) is 0. The molecule has 0 saturated heterocycles. The van der Waals surface area contributed by atoms with Crippen LogP contribution in [0, 0.1) is 5.82 Å². The van der Waals surface area contributed by atoms with E-state index in [-0.39, 0.29) is 15.4 Å². The van der Waals surface area contributed by atoms with Gasteiger partial charge in [0.2, 0.25) is 0 Å². The number of halogens is 5. The first-order chi connectivity index (χ1) is 10.8. The molecule has 118 valence electrons. The van der Waals surface area contributed by atoms with Gasteiger partial charge in [0.15, 0.2) is 0 Å². The van der Waals surface area contributed by atoms with Crippen molar-refractivity contribution < 1.29 is 17.6 Å². The van der Waals surface area contributed by atoms with Crippen LogP contribution < -0.4 is 5.56 Å². The standard InChI is InChI=1S/C15H7BrF4N2O/c16-9-6-5-8(15(18,19)20)11(12(9)17)13-21-10-4-2-1-3-7(10)14(23)22-13/h1-6H,(H,21,22,23). The van der Waals surface area contributed by atoms with Gasteiger partial charge in [-0.3, -0.25) is 4.79 Å². The van der Waals surface area contributed by atoms with Gasteiger partial charge in [-0.05, 0) is 40.2 Å². The number of rotatable bonds is 1. The van der Waals surface area contributed by atoms with Crippen molar-refractivity contribution in [3.8, 4) is 11.4 Å². The topological polar surface area (TPSA) is 45.8 Å². The van der Waals surface area contributed by atoms with Crippen molar-refractivity contribution >= 4 is 26.8 Å². The van der Waals surface area contributed by atoms with E-state index in [2.05, 4.69) is 25.9 Å². The van der Waals surface area contributed by atoms with E-state index < -0.39 is 34.5 Å². The Morgan fingerprint density at radius 3 is 2.48 bits per heavy atom. The molecule has 1 heterocycles. The first-order valence-corrected chi connectivity index (χ1v) is 7.13. The smallest absolute Gasteiger partial charge is 0.306 e. The minimum Gasteiger partial charge on any atom is -0.306 e. The molecule has 0 bridgehead atoms. The molecule has 0 aliphatic heterocycles. The van der Waals surface area contributed by atoms with Crippen LogP contribution in [-0.4, -0.2) is 9.97 Å². The number of hydrogen-bond donors (Lipinski definition) is 1. The van der Waals surface area contributed by atoms with E-state index in [0.717, 1.165) is 12.1 Å². The summed E-state index contributed by atoms with van der Waals surface area (Å²) in [6.45, 7) is 0. The van der Waals surface area contributed by atoms with Gasteiger partial charge < -0.3 is 4.98 Å². The highest BCUT2D eigenvalue weighted by molar-refractivity contribution is 9.10. The summed E-state index contributed by atoms with van der Waals surface area (Å²) in [4.78, 5) is 18.2. The summed E-state index contributed by atoms with van der Waals surface area (Å²) in [6.07, 6.45) is -4.79. The minimum atomic E-state index is -4.79. The molecule has 0 radical (unpaired) electrons. The Hall–Kier alpha value is -2.22. The lowest BCUT2D eigenvalue weighted by atomic mass is 10.1. The Labute approximate surface area is 135 Å². The quantitative estimate of drug-likeness (QED) is 0.625. The van der Waals surface area contributed by atoms with E-state index in [1.165, 1.54) is 12.1 Å². The van der Waals surface area contributed by atoms with Crippen LogP contribution in [0.4, 0.5) is 17.6 Å². The minimum absolute atomic E-state index is 0.156. The van der Waals surface area contributed by atoms with E-state index in [0.29, 0.717) is 0 Å². The van der Waals surface area contributed by atoms with Crippen molar-refractivity contribution in [1.29, 1.82) is 0 Å². The van der Waals surface area contributed by atoms with Crippen molar-refractivity contribution in [3.63, 3.8) is 0 Å². The summed E-state index contributed by atoms with van der Waals surface area (Å²) in [5, 5.41) is 0.209. The van der Waals surface area contributed by atoms with E-state index in [1.807, 2.05) is 0 Å². The number of aromatic nitrogens is 2. The fourth-order valence-electron chi connectivity index (χ4n) is 2.22. The normalized spacial score (nSPS) is 11.9. The Kier molecular flexibility index (Phi) is 3.71. The molecule has 1 N–H and O–H groups in total. The van der Waals surface area contributed by atoms with Crippen LogP contribution in [0.15, 0.2) is 45.7 Å².